The van der Waals surface area contributed by atoms with Crippen LogP contribution in [0.4, 0.5) is 0 Å². The van der Waals surface area contributed by atoms with Gasteiger partial charge in [0.2, 0.25) is 0 Å². The Morgan fingerprint density at radius 3 is 1.53 bits per heavy atom. The van der Waals surface area contributed by atoms with Crippen molar-refractivity contribution in [3.63, 3.8) is 0 Å². The molecule has 1 aliphatic rings. The molecule has 0 bridgehead atoms. The fourth-order valence-electron chi connectivity index (χ4n) is 6.01. The molecule has 1 fully saturated rings. The van der Waals surface area contributed by atoms with E-state index in [1.54, 1.807) is 0 Å². The molecule has 0 aliphatic carbocycles. The summed E-state index contributed by atoms with van der Waals surface area (Å²) in [6, 6.07) is 0. The molecule has 0 aromatic heterocycles. The van der Waals surface area contributed by atoms with Crippen LogP contribution < -0.4 is 5.32 Å². The summed E-state index contributed by atoms with van der Waals surface area (Å²) in [5, 5.41) is 3.64. The fraction of sp³-hybridized carbons (Fsp3) is 0.939. The van der Waals surface area contributed by atoms with Crippen molar-refractivity contribution < 1.29 is 9.59 Å². The Bertz CT molecular complexity index is 498. The van der Waals surface area contributed by atoms with Crippen molar-refractivity contribution in [2.45, 2.75) is 192 Å². The quantitative estimate of drug-likeness (QED) is 0.0849. The molecule has 0 saturated carbocycles. The van der Waals surface area contributed by atoms with E-state index in [1.165, 1.54) is 141 Å². The number of Topliss-reactive ketones (excluding diaryl/α,β-unsaturated/α-hetero) is 1. The lowest BCUT2D eigenvalue weighted by Gasteiger charge is -2.28. The summed E-state index contributed by atoms with van der Waals surface area (Å²) in [4.78, 5) is 23.4. The molecule has 3 heteroatoms. The molecular weight excluding hydrogens is 442 g/mol. The zero-order valence-electron chi connectivity index (χ0n) is 24.4. The number of carbonyl (C=O) groups excluding carboxylic acids is 2. The zero-order valence-corrected chi connectivity index (χ0v) is 24.4. The third-order valence-electron chi connectivity index (χ3n) is 8.46. The van der Waals surface area contributed by atoms with Crippen LogP contribution in [0.3, 0.4) is 0 Å². The van der Waals surface area contributed by atoms with Crippen LogP contribution >= 0.6 is 0 Å². The van der Waals surface area contributed by atoms with Gasteiger partial charge in [0.25, 0.3) is 0 Å². The van der Waals surface area contributed by atoms with Gasteiger partial charge < -0.3 is 10.1 Å². The molecule has 1 saturated heterocycles. The highest BCUT2D eigenvalue weighted by Gasteiger charge is 2.39. The van der Waals surface area contributed by atoms with Crippen LogP contribution in [0.15, 0.2) is 0 Å². The van der Waals surface area contributed by atoms with Gasteiger partial charge >= 0.3 is 0 Å². The van der Waals surface area contributed by atoms with Gasteiger partial charge in [-0.1, -0.05) is 142 Å². The smallest absolute Gasteiger partial charge is 0.152 e. The molecule has 0 radical (unpaired) electrons. The molecule has 0 spiro atoms. The third-order valence-corrected chi connectivity index (χ3v) is 8.46. The average molecular weight is 506 g/mol. The Balaban J connectivity index is 1.96. The second-order valence-corrected chi connectivity index (χ2v) is 11.8. The Morgan fingerprint density at radius 2 is 1.08 bits per heavy atom. The van der Waals surface area contributed by atoms with Gasteiger partial charge in [0, 0.05) is 12.8 Å². The maximum absolute atomic E-state index is 13.1. The Labute approximate surface area is 225 Å². The Hall–Kier alpha value is -0.700. The first-order valence-corrected chi connectivity index (χ1v) is 16.5. The van der Waals surface area contributed by atoms with E-state index in [4.69, 9.17) is 0 Å². The van der Waals surface area contributed by atoms with Crippen molar-refractivity contribution in [3.8, 4) is 0 Å². The highest BCUT2D eigenvalue weighted by Crippen LogP contribution is 2.29. The van der Waals surface area contributed by atoms with Gasteiger partial charge in [-0.15, -0.1) is 0 Å². The zero-order chi connectivity index (χ0) is 26.0. The van der Waals surface area contributed by atoms with Gasteiger partial charge in [0.1, 0.15) is 6.29 Å². The van der Waals surface area contributed by atoms with E-state index < -0.39 is 0 Å². The van der Waals surface area contributed by atoms with Crippen LogP contribution in [-0.4, -0.2) is 24.2 Å². The summed E-state index contributed by atoms with van der Waals surface area (Å²) in [5.41, 5.74) is -0.172. The number of aldehydes is 1. The first-order valence-electron chi connectivity index (χ1n) is 16.5. The van der Waals surface area contributed by atoms with Crippen molar-refractivity contribution in [1.29, 1.82) is 0 Å². The molecule has 1 atom stereocenters. The maximum atomic E-state index is 13.1. The standard InChI is InChI=1S/C33H63NO2/c1-2-3-4-5-6-7-15-18-21-24-28-33(29-26-30-34-33)32(36)27-23-20-17-14-12-10-8-9-11-13-16-19-22-25-31-35/h31,34H,2-30H2,1H3/t33-/m0/s1. The molecule has 3 nitrogen and oxygen atoms in total. The molecule has 36 heavy (non-hydrogen) atoms. The number of hydrogen-bond acceptors (Lipinski definition) is 3. The summed E-state index contributed by atoms with van der Waals surface area (Å²) in [7, 11) is 0. The summed E-state index contributed by atoms with van der Waals surface area (Å²) in [6.45, 7) is 3.31. The van der Waals surface area contributed by atoms with Gasteiger partial charge in [0.05, 0.1) is 5.54 Å². The Morgan fingerprint density at radius 1 is 0.639 bits per heavy atom. The van der Waals surface area contributed by atoms with Crippen molar-refractivity contribution in [2.24, 2.45) is 0 Å². The van der Waals surface area contributed by atoms with Crippen LogP contribution in [0.5, 0.6) is 0 Å². The molecule has 0 aromatic carbocycles. The van der Waals surface area contributed by atoms with Gasteiger partial charge in [-0.25, -0.2) is 0 Å². The second-order valence-electron chi connectivity index (χ2n) is 11.8. The predicted octanol–water partition coefficient (Wildman–Crippen LogP) is 10.0. The SMILES string of the molecule is CCCCCCCCCCCC[C@@]1(C(=O)CCCCCCCCCCCCCCCC=O)CCCN1. The molecular formula is C33H63NO2. The number of hydrogen-bond donors (Lipinski definition) is 1. The number of ketones is 1. The van der Waals surface area contributed by atoms with Crippen molar-refractivity contribution in [3.05, 3.63) is 0 Å². The van der Waals surface area contributed by atoms with Crippen LogP contribution in [0, 0.1) is 0 Å². The lowest BCUT2D eigenvalue weighted by molar-refractivity contribution is -0.125. The van der Waals surface area contributed by atoms with Crippen LogP contribution in [0.1, 0.15) is 187 Å². The van der Waals surface area contributed by atoms with E-state index in [-0.39, 0.29) is 5.54 Å². The van der Waals surface area contributed by atoms with E-state index in [2.05, 4.69) is 12.2 Å². The minimum Gasteiger partial charge on any atom is -0.305 e. The molecule has 1 N–H and O–H groups in total. The van der Waals surface area contributed by atoms with Crippen molar-refractivity contribution >= 4 is 12.1 Å². The highest BCUT2D eigenvalue weighted by molar-refractivity contribution is 5.88. The predicted molar refractivity (Wildman–Crippen MR) is 157 cm³/mol. The van der Waals surface area contributed by atoms with E-state index in [0.717, 1.165) is 51.4 Å². The normalized spacial score (nSPS) is 17.6. The van der Waals surface area contributed by atoms with Crippen LogP contribution in [0.2, 0.25) is 0 Å². The number of unbranched alkanes of at least 4 members (excludes halogenated alkanes) is 22. The van der Waals surface area contributed by atoms with Crippen LogP contribution in [-0.2, 0) is 9.59 Å². The molecule has 0 amide bonds. The minimum atomic E-state index is -0.172. The van der Waals surface area contributed by atoms with Gasteiger partial charge in [-0.3, -0.25) is 4.79 Å². The maximum Gasteiger partial charge on any atom is 0.152 e. The van der Waals surface area contributed by atoms with Gasteiger partial charge in [-0.05, 0) is 38.6 Å². The molecule has 1 heterocycles. The van der Waals surface area contributed by atoms with E-state index in [9.17, 15) is 9.59 Å². The largest absolute Gasteiger partial charge is 0.305 e. The first-order chi connectivity index (χ1) is 17.7. The van der Waals surface area contributed by atoms with Crippen molar-refractivity contribution in [1.82, 2.24) is 5.32 Å². The monoisotopic (exact) mass is 505 g/mol. The summed E-state index contributed by atoms with van der Waals surface area (Å²) in [5.74, 6) is 0.516. The molecule has 212 valence electrons. The Kier molecular flexibility index (Phi) is 22.8. The van der Waals surface area contributed by atoms with E-state index in [0.29, 0.717) is 5.78 Å². The molecule has 0 unspecified atom stereocenters. The fourth-order valence-corrected chi connectivity index (χ4v) is 6.01. The highest BCUT2D eigenvalue weighted by atomic mass is 16.1. The van der Waals surface area contributed by atoms with Gasteiger partial charge in [0.15, 0.2) is 5.78 Å². The van der Waals surface area contributed by atoms with E-state index >= 15 is 0 Å². The topological polar surface area (TPSA) is 46.2 Å². The summed E-state index contributed by atoms with van der Waals surface area (Å²) >= 11 is 0. The minimum absolute atomic E-state index is 0.172. The second kappa shape index (κ2) is 24.6. The first kappa shape index (κ1) is 33.3. The summed E-state index contributed by atoms with van der Waals surface area (Å²) < 4.78 is 0. The van der Waals surface area contributed by atoms with Crippen LogP contribution in [0.25, 0.3) is 0 Å². The number of carbonyl (C=O) groups is 2. The average Bonchev–Trinajstić information content (AvgIpc) is 3.37. The number of rotatable bonds is 28. The number of nitrogens with one attached hydrogen (secondary N) is 1. The molecule has 0 aromatic rings. The third kappa shape index (κ3) is 17.7. The lowest BCUT2D eigenvalue weighted by Crippen LogP contribution is -2.47. The molecule has 1 rings (SSSR count). The van der Waals surface area contributed by atoms with Crippen molar-refractivity contribution in [2.75, 3.05) is 6.54 Å². The van der Waals surface area contributed by atoms with E-state index in [1.807, 2.05) is 0 Å². The van der Waals surface area contributed by atoms with Gasteiger partial charge in [-0.2, -0.15) is 0 Å². The summed E-state index contributed by atoms with van der Waals surface area (Å²) in [6.07, 6.45) is 36.2. The lowest BCUT2D eigenvalue weighted by atomic mass is 9.84. The molecule has 1 aliphatic heterocycles.